The Balaban J connectivity index is 1.95. The van der Waals surface area contributed by atoms with Gasteiger partial charge in [0.2, 0.25) is 11.8 Å². The van der Waals surface area contributed by atoms with Gasteiger partial charge in [-0.1, -0.05) is 51.1 Å². The van der Waals surface area contributed by atoms with Gasteiger partial charge in [-0.25, -0.2) is 0 Å². The van der Waals surface area contributed by atoms with Crippen LogP contribution in [-0.2, 0) is 14.3 Å². The maximum Gasteiger partial charge on any atom is 0.242 e. The number of nitrogens with one attached hydrogen (secondary N) is 1. The van der Waals surface area contributed by atoms with Crippen molar-refractivity contribution in [2.24, 2.45) is 5.41 Å². The Hall–Kier alpha value is -1.88. The third-order valence-corrected chi connectivity index (χ3v) is 3.76. The summed E-state index contributed by atoms with van der Waals surface area (Å²) in [6, 6.07) is 9.77. The Morgan fingerprint density at radius 2 is 1.96 bits per heavy atom. The molecule has 0 radical (unpaired) electrons. The van der Waals surface area contributed by atoms with Crippen molar-refractivity contribution in [1.29, 1.82) is 0 Å². The summed E-state index contributed by atoms with van der Waals surface area (Å²) < 4.78 is 5.53. The minimum absolute atomic E-state index is 0.0399. The van der Waals surface area contributed by atoms with Crippen molar-refractivity contribution in [3.8, 4) is 0 Å². The average molecular weight is 318 g/mol. The fraction of sp³-hybridized carbons (Fsp3) is 0.556. The number of hydrogen-bond acceptors (Lipinski definition) is 3. The smallest absolute Gasteiger partial charge is 0.242 e. The normalized spacial score (nSPS) is 18.6. The number of morpholine rings is 1. The van der Waals surface area contributed by atoms with Crippen molar-refractivity contribution in [3.63, 3.8) is 0 Å². The van der Waals surface area contributed by atoms with E-state index in [0.29, 0.717) is 26.2 Å². The van der Waals surface area contributed by atoms with Crippen LogP contribution in [0.5, 0.6) is 0 Å². The number of nitrogens with zero attached hydrogens (tertiary/aromatic N) is 1. The first-order valence-corrected chi connectivity index (χ1v) is 8.06. The predicted molar refractivity (Wildman–Crippen MR) is 88.8 cm³/mol. The monoisotopic (exact) mass is 318 g/mol. The predicted octanol–water partition coefficient (Wildman–Crippen LogP) is 2.14. The zero-order valence-corrected chi connectivity index (χ0v) is 14.2. The number of carbonyl (C=O) groups is 2. The van der Waals surface area contributed by atoms with Gasteiger partial charge in [0.15, 0.2) is 0 Å². The molecule has 0 bridgehead atoms. The van der Waals surface area contributed by atoms with Gasteiger partial charge in [-0.05, 0) is 11.0 Å². The molecule has 1 N–H and O–H groups in total. The second-order valence-corrected chi connectivity index (χ2v) is 7.10. The van der Waals surface area contributed by atoms with E-state index in [1.807, 2.05) is 51.1 Å². The van der Waals surface area contributed by atoms with Gasteiger partial charge in [0.05, 0.1) is 25.8 Å². The molecule has 0 spiro atoms. The lowest BCUT2D eigenvalue weighted by Gasteiger charge is -2.36. The average Bonchev–Trinajstić information content (AvgIpc) is 2.52. The highest BCUT2D eigenvalue weighted by Crippen LogP contribution is 2.24. The number of rotatable bonds is 4. The third kappa shape index (κ3) is 5.36. The van der Waals surface area contributed by atoms with E-state index in [0.717, 1.165) is 5.56 Å². The molecule has 23 heavy (non-hydrogen) atoms. The van der Waals surface area contributed by atoms with Crippen LogP contribution >= 0.6 is 0 Å². The quantitative estimate of drug-likeness (QED) is 0.925. The molecule has 0 saturated carbocycles. The van der Waals surface area contributed by atoms with Crippen LogP contribution in [0.1, 0.15) is 38.8 Å². The van der Waals surface area contributed by atoms with E-state index in [2.05, 4.69) is 5.32 Å². The molecule has 1 fully saturated rings. The van der Waals surface area contributed by atoms with Crippen LogP contribution in [0.2, 0.25) is 0 Å². The molecule has 0 aliphatic carbocycles. The number of hydrogen-bond donors (Lipinski definition) is 1. The number of ether oxygens (including phenoxy) is 1. The van der Waals surface area contributed by atoms with Gasteiger partial charge in [0.25, 0.3) is 0 Å². The second kappa shape index (κ2) is 7.59. The molecule has 5 nitrogen and oxygen atoms in total. The molecule has 0 aromatic heterocycles. The Morgan fingerprint density at radius 3 is 2.61 bits per heavy atom. The Kier molecular flexibility index (Phi) is 5.77. The van der Waals surface area contributed by atoms with Crippen molar-refractivity contribution >= 4 is 11.8 Å². The van der Waals surface area contributed by atoms with E-state index in [-0.39, 0.29) is 29.8 Å². The summed E-state index contributed by atoms with van der Waals surface area (Å²) in [4.78, 5) is 26.2. The van der Waals surface area contributed by atoms with Gasteiger partial charge < -0.3 is 15.0 Å². The lowest BCUT2D eigenvalue weighted by Crippen LogP contribution is -2.47. The topological polar surface area (TPSA) is 58.6 Å². The summed E-state index contributed by atoms with van der Waals surface area (Å²) >= 11 is 0. The third-order valence-electron chi connectivity index (χ3n) is 3.76. The molecule has 1 aromatic carbocycles. The van der Waals surface area contributed by atoms with E-state index >= 15 is 0 Å². The molecule has 1 unspecified atom stereocenters. The zero-order chi connectivity index (χ0) is 16.9. The van der Waals surface area contributed by atoms with Gasteiger partial charge >= 0.3 is 0 Å². The van der Waals surface area contributed by atoms with Gasteiger partial charge in [-0.3, -0.25) is 9.59 Å². The van der Waals surface area contributed by atoms with Crippen LogP contribution < -0.4 is 5.32 Å². The van der Waals surface area contributed by atoms with E-state index in [1.165, 1.54) is 0 Å². The van der Waals surface area contributed by atoms with Crippen LogP contribution in [0.15, 0.2) is 30.3 Å². The molecule has 1 heterocycles. The molecule has 5 heteroatoms. The summed E-state index contributed by atoms with van der Waals surface area (Å²) in [6.07, 6.45) is 0.408. The van der Waals surface area contributed by atoms with Crippen molar-refractivity contribution in [2.45, 2.75) is 33.2 Å². The van der Waals surface area contributed by atoms with Crippen LogP contribution in [0.25, 0.3) is 0 Å². The van der Waals surface area contributed by atoms with Crippen molar-refractivity contribution in [1.82, 2.24) is 10.2 Å². The summed E-state index contributed by atoms with van der Waals surface area (Å²) in [6.45, 7) is 7.62. The Morgan fingerprint density at radius 1 is 1.26 bits per heavy atom. The van der Waals surface area contributed by atoms with Gasteiger partial charge in [0, 0.05) is 13.0 Å². The molecule has 2 rings (SSSR count). The molecular weight excluding hydrogens is 292 g/mol. The highest BCUT2D eigenvalue weighted by Gasteiger charge is 2.28. The van der Waals surface area contributed by atoms with Crippen LogP contribution in [0.3, 0.4) is 0 Å². The molecule has 1 atom stereocenters. The van der Waals surface area contributed by atoms with Crippen LogP contribution in [0.4, 0.5) is 0 Å². The number of benzene rings is 1. The first kappa shape index (κ1) is 17.5. The van der Waals surface area contributed by atoms with Crippen LogP contribution in [-0.4, -0.2) is 43.0 Å². The molecule has 1 aromatic rings. The highest BCUT2D eigenvalue weighted by molar-refractivity contribution is 5.85. The lowest BCUT2D eigenvalue weighted by atomic mass is 9.92. The summed E-state index contributed by atoms with van der Waals surface area (Å²) in [7, 11) is 0. The minimum atomic E-state index is -0.0876. The Bertz CT molecular complexity index is 537. The molecule has 1 saturated heterocycles. The standard InChI is InChI=1S/C18H26N2O3/c1-18(2,3)11-16(21)19-12-17(22)20-9-10-23-13-15(20)14-7-5-4-6-8-14/h4-8,15H,9-13H2,1-3H3,(H,19,21). The summed E-state index contributed by atoms with van der Waals surface area (Å²) in [5, 5.41) is 2.74. The highest BCUT2D eigenvalue weighted by atomic mass is 16.5. The lowest BCUT2D eigenvalue weighted by molar-refractivity contribution is -0.140. The molecule has 2 amide bonds. The maximum absolute atomic E-state index is 12.5. The van der Waals surface area contributed by atoms with Gasteiger partial charge in [-0.2, -0.15) is 0 Å². The second-order valence-electron chi connectivity index (χ2n) is 7.10. The minimum Gasteiger partial charge on any atom is -0.377 e. The van der Waals surface area contributed by atoms with E-state index in [4.69, 9.17) is 4.74 Å². The molecule has 1 aliphatic rings. The first-order chi connectivity index (χ1) is 10.9. The van der Waals surface area contributed by atoms with E-state index in [9.17, 15) is 9.59 Å². The van der Waals surface area contributed by atoms with Crippen molar-refractivity contribution in [2.75, 3.05) is 26.3 Å². The fourth-order valence-electron chi connectivity index (χ4n) is 2.67. The Labute approximate surface area is 138 Å². The molecule has 1 aliphatic heterocycles. The fourth-order valence-corrected chi connectivity index (χ4v) is 2.67. The molecular formula is C18H26N2O3. The van der Waals surface area contributed by atoms with Crippen molar-refractivity contribution in [3.05, 3.63) is 35.9 Å². The largest absolute Gasteiger partial charge is 0.377 e. The van der Waals surface area contributed by atoms with Gasteiger partial charge in [-0.15, -0.1) is 0 Å². The SMILES string of the molecule is CC(C)(C)CC(=O)NCC(=O)N1CCOCC1c1ccccc1. The van der Waals surface area contributed by atoms with E-state index < -0.39 is 0 Å². The number of carbonyl (C=O) groups excluding carboxylic acids is 2. The number of amides is 2. The summed E-state index contributed by atoms with van der Waals surface area (Å²) in [5.74, 6) is -0.153. The zero-order valence-electron chi connectivity index (χ0n) is 14.2. The van der Waals surface area contributed by atoms with Gasteiger partial charge in [0.1, 0.15) is 0 Å². The summed E-state index contributed by atoms with van der Waals surface area (Å²) in [5.41, 5.74) is 0.972. The van der Waals surface area contributed by atoms with E-state index in [1.54, 1.807) is 4.90 Å². The molecule has 126 valence electrons. The maximum atomic E-state index is 12.5. The van der Waals surface area contributed by atoms with Crippen LogP contribution in [0, 0.1) is 5.41 Å². The van der Waals surface area contributed by atoms with Crippen molar-refractivity contribution < 1.29 is 14.3 Å². The first-order valence-electron chi connectivity index (χ1n) is 8.06.